The molecule has 0 spiro atoms. The number of aliphatic hydroxyl groups excluding tert-OH is 2. The number of amides is 12. The van der Waals surface area contributed by atoms with Gasteiger partial charge in [-0.25, -0.2) is 19.2 Å². The van der Waals surface area contributed by atoms with Gasteiger partial charge in [-0.05, 0) is 153 Å². The number of rotatable bonds is 28. The molecule has 0 radical (unpaired) electrons. The third-order valence-corrected chi connectivity index (χ3v) is 15.5. The minimum atomic E-state index is -1.84. The predicted octanol–water partition coefficient (Wildman–Crippen LogP) is 2.49. The molecule has 1 aliphatic rings. The summed E-state index contributed by atoms with van der Waals surface area (Å²) < 4.78 is 26.7. The van der Waals surface area contributed by atoms with Gasteiger partial charge in [0, 0.05) is 70.7 Å². The van der Waals surface area contributed by atoms with Gasteiger partial charge in [-0.3, -0.25) is 52.7 Å². The number of carbonyl (C=O) groups excluding carboxylic acids is 15. The maximum atomic E-state index is 15.3. The van der Waals surface area contributed by atoms with Crippen molar-refractivity contribution in [2.45, 2.75) is 278 Å². The highest BCUT2D eigenvalue weighted by Crippen LogP contribution is 2.20. The number of carbonyl (C=O) groups is 15. The van der Waals surface area contributed by atoms with Gasteiger partial charge < -0.3 is 97.7 Å². The summed E-state index contributed by atoms with van der Waals surface area (Å²) in [6.07, 6.45) is -12.0. The largest absolute Gasteiger partial charge is 0.452 e. The summed E-state index contributed by atoms with van der Waals surface area (Å²) in [5.41, 5.74) is -3.41. The van der Waals surface area contributed by atoms with Crippen LogP contribution in [0.5, 0.6) is 0 Å². The van der Waals surface area contributed by atoms with E-state index in [-0.39, 0.29) is 57.7 Å². The van der Waals surface area contributed by atoms with E-state index in [4.69, 9.17) is 23.7 Å². The van der Waals surface area contributed by atoms with E-state index < -0.39 is 229 Å². The van der Waals surface area contributed by atoms with Crippen molar-refractivity contribution in [3.8, 4) is 0 Å². The van der Waals surface area contributed by atoms with Crippen LogP contribution in [-0.2, 0) is 82.8 Å². The smallest absolute Gasteiger partial charge is 0.407 e. The Morgan fingerprint density at radius 2 is 0.981 bits per heavy atom. The molecule has 1 aliphatic heterocycles. The van der Waals surface area contributed by atoms with Gasteiger partial charge in [0.2, 0.25) is 41.4 Å². The molecule has 34 heteroatoms. The molecule has 1 heterocycles. The van der Waals surface area contributed by atoms with Crippen LogP contribution in [0, 0.1) is 17.8 Å². The van der Waals surface area contributed by atoms with Crippen molar-refractivity contribution >= 4 is 89.2 Å². The van der Waals surface area contributed by atoms with Crippen LogP contribution in [0.1, 0.15) is 194 Å². The Balaban J connectivity index is 3.10. The molecule has 2 rings (SSSR count). The lowest BCUT2D eigenvalue weighted by atomic mass is 9.92. The highest BCUT2D eigenvalue weighted by atomic mass is 16.6. The third kappa shape index (κ3) is 38.2. The standard InChI is InChI=1S/C72H118N12O22/c1-19-23-54(102-43(6)87)62(95)84-56(42(5)86)64(97)79-48(29-34-76-67(100)105-71(13,14)15)53(89)38-45-26-31-73-63(96)55(41(4)85)83-58(91)46(27-32-74-65(98)103-69(7,8)9)39-52(88)47(28-33-75-66(99)104-70(10,11)12)78-60(93)50(36-40(2)3)81-61(94)51(37-44-24-21-20-22-25-44)82-59(92)49(80-57(45)90)30-35-77-68(101)106-72(16,17)18/h20-22,24-25,40-42,45-51,54-56,85-86H,19,23,26-39H2,1-18H3,(H,73,96)(H,74,98)(H,75,99)(H,76,100)(H,77,101)(H,78,93)(H,79,97)(H,80,90)(H,81,94)(H,82,92)(H,83,91)(H,84,95)/t41?,42?,45-,46-,47+,48+,49+,50+,51-,54+,55+,56+/m1/s1. The Morgan fingerprint density at radius 1 is 0.528 bits per heavy atom. The summed E-state index contributed by atoms with van der Waals surface area (Å²) in [6.45, 7) is 25.9. The topological polar surface area (TPSA) is 487 Å². The molecular formula is C72H118N12O22. The van der Waals surface area contributed by atoms with Crippen LogP contribution in [0.15, 0.2) is 30.3 Å². The van der Waals surface area contributed by atoms with E-state index >= 15 is 19.2 Å². The molecule has 12 amide bonds. The Labute approximate surface area is 621 Å². The van der Waals surface area contributed by atoms with E-state index in [0.717, 1.165) is 20.8 Å². The summed E-state index contributed by atoms with van der Waals surface area (Å²) in [5.74, 6) is -14.3. The first kappa shape index (κ1) is 92.9. The Morgan fingerprint density at radius 3 is 1.46 bits per heavy atom. The molecule has 0 bridgehead atoms. The number of alkyl carbamates (subject to hydrolysis) is 4. The Bertz CT molecular complexity index is 3140. The molecule has 1 fully saturated rings. The fraction of sp³-hybridized carbons (Fsp3) is 0.708. The second-order valence-electron chi connectivity index (χ2n) is 30.6. The zero-order chi connectivity index (χ0) is 80.6. The van der Waals surface area contributed by atoms with Crippen molar-refractivity contribution in [3.63, 3.8) is 0 Å². The van der Waals surface area contributed by atoms with E-state index in [1.54, 1.807) is 134 Å². The molecule has 14 N–H and O–H groups in total. The fourth-order valence-electron chi connectivity index (χ4n) is 10.5. The minimum absolute atomic E-state index is 0.0143. The fourth-order valence-corrected chi connectivity index (χ4v) is 10.5. The molecule has 34 nitrogen and oxygen atoms in total. The van der Waals surface area contributed by atoms with Crippen LogP contribution in [-0.4, -0.2) is 215 Å². The van der Waals surface area contributed by atoms with Crippen molar-refractivity contribution in [1.82, 2.24) is 63.8 Å². The number of ether oxygens (including phenoxy) is 5. The van der Waals surface area contributed by atoms with E-state index in [1.807, 2.05) is 0 Å². The van der Waals surface area contributed by atoms with Gasteiger partial charge in [-0.1, -0.05) is 57.5 Å². The average molecular weight is 1500 g/mol. The van der Waals surface area contributed by atoms with Crippen LogP contribution in [0.3, 0.4) is 0 Å². The number of ketones is 2. The lowest BCUT2D eigenvalue weighted by Gasteiger charge is -2.28. The molecule has 2 unspecified atom stereocenters. The normalized spacial score (nSPS) is 20.8. The van der Waals surface area contributed by atoms with Crippen LogP contribution in [0.2, 0.25) is 0 Å². The summed E-state index contributed by atoms with van der Waals surface area (Å²) in [5, 5.41) is 52.9. The summed E-state index contributed by atoms with van der Waals surface area (Å²) in [6, 6.07) is -3.35. The molecule has 106 heavy (non-hydrogen) atoms. The van der Waals surface area contributed by atoms with E-state index in [1.165, 1.54) is 0 Å². The number of hydrogen-bond acceptors (Lipinski definition) is 22. The van der Waals surface area contributed by atoms with E-state index in [2.05, 4.69) is 63.8 Å². The first-order valence-corrected chi connectivity index (χ1v) is 36.0. The SMILES string of the molecule is CCC[C@H](OC(C)=O)C(=O)N[C@H](C(=O)N[C@@H](CCNC(=O)OC(C)(C)C)C(=O)C[C@H]1CCNC(=O)[C@H](C(C)O)NC(=O)[C@H](CCNC(=O)OC(C)(C)C)CC(=O)[C@H](CCNC(=O)OC(C)(C)C)NC(=O)[C@H](CC(C)C)NC(=O)[C@@H](Cc2ccccc2)NC(=O)[C@H](CCNC(=O)OC(C)(C)C)NC1=O)C(C)O. The predicted molar refractivity (Wildman–Crippen MR) is 386 cm³/mol. The Hall–Kier alpha value is -9.21. The van der Waals surface area contributed by atoms with Gasteiger partial charge in [0.15, 0.2) is 17.7 Å². The number of benzene rings is 1. The molecule has 0 saturated carbocycles. The van der Waals surface area contributed by atoms with Gasteiger partial charge in [0.1, 0.15) is 52.6 Å². The van der Waals surface area contributed by atoms with Crippen LogP contribution in [0.4, 0.5) is 19.2 Å². The lowest BCUT2D eigenvalue weighted by Crippen LogP contribution is -2.59. The number of nitrogens with one attached hydrogen (secondary N) is 12. The van der Waals surface area contributed by atoms with Crippen molar-refractivity contribution in [3.05, 3.63) is 35.9 Å². The first-order valence-electron chi connectivity index (χ1n) is 36.0. The van der Waals surface area contributed by atoms with E-state index in [0.29, 0.717) is 12.0 Å². The molecule has 0 aromatic heterocycles. The van der Waals surface area contributed by atoms with Crippen molar-refractivity contribution < 1.29 is 106 Å². The zero-order valence-corrected chi connectivity index (χ0v) is 64.8. The number of aliphatic hydroxyl groups is 2. The second-order valence-corrected chi connectivity index (χ2v) is 30.6. The van der Waals surface area contributed by atoms with Crippen molar-refractivity contribution in [2.24, 2.45) is 17.8 Å². The lowest BCUT2D eigenvalue weighted by molar-refractivity contribution is -0.155. The monoisotopic (exact) mass is 1500 g/mol. The van der Waals surface area contributed by atoms with E-state index in [9.17, 15) is 63.0 Å². The van der Waals surface area contributed by atoms with Crippen LogP contribution < -0.4 is 63.8 Å². The summed E-state index contributed by atoms with van der Waals surface area (Å²) in [4.78, 5) is 211. The van der Waals surface area contributed by atoms with Gasteiger partial charge in [0.05, 0.1) is 24.3 Å². The first-order chi connectivity index (χ1) is 49.1. The highest BCUT2D eigenvalue weighted by molar-refractivity contribution is 5.99. The van der Waals surface area contributed by atoms with Crippen LogP contribution >= 0.6 is 0 Å². The third-order valence-electron chi connectivity index (χ3n) is 15.5. The number of Topliss-reactive ketones (excluding diaryl/α,β-unsaturated/α-hetero) is 2. The van der Waals surface area contributed by atoms with Gasteiger partial charge >= 0.3 is 30.3 Å². The molecule has 1 aromatic carbocycles. The van der Waals surface area contributed by atoms with Gasteiger partial charge in [-0.15, -0.1) is 0 Å². The number of esters is 1. The summed E-state index contributed by atoms with van der Waals surface area (Å²) >= 11 is 0. The molecular weight excluding hydrogens is 1380 g/mol. The second kappa shape index (κ2) is 44.0. The maximum Gasteiger partial charge on any atom is 0.407 e. The van der Waals surface area contributed by atoms with Crippen molar-refractivity contribution in [2.75, 3.05) is 32.7 Å². The molecule has 1 aromatic rings. The Kier molecular flexibility index (Phi) is 38.6. The zero-order valence-electron chi connectivity index (χ0n) is 64.8. The van der Waals surface area contributed by atoms with Crippen LogP contribution in [0.25, 0.3) is 0 Å². The van der Waals surface area contributed by atoms with Gasteiger partial charge in [0.25, 0.3) is 5.91 Å². The highest BCUT2D eigenvalue weighted by Gasteiger charge is 2.39. The summed E-state index contributed by atoms with van der Waals surface area (Å²) in [7, 11) is 0. The van der Waals surface area contributed by atoms with Gasteiger partial charge in [-0.2, -0.15) is 0 Å². The average Bonchev–Trinajstić information content (AvgIpc) is 0.939. The minimum Gasteiger partial charge on any atom is -0.452 e. The quantitative estimate of drug-likeness (QED) is 0.0423. The molecule has 1 saturated heterocycles. The van der Waals surface area contributed by atoms with Crippen molar-refractivity contribution in [1.29, 1.82) is 0 Å². The molecule has 598 valence electrons. The maximum absolute atomic E-state index is 15.3. The molecule has 0 aliphatic carbocycles. The molecule has 12 atom stereocenters. The number of hydrogen-bond donors (Lipinski definition) is 14.